The lowest BCUT2D eigenvalue weighted by Crippen LogP contribution is -2.45. The molecule has 0 saturated carbocycles. The summed E-state index contributed by atoms with van der Waals surface area (Å²) in [5, 5.41) is 3.27. The van der Waals surface area contributed by atoms with Crippen molar-refractivity contribution in [3.8, 4) is 0 Å². The molecular formula is C15H20F2N2. The van der Waals surface area contributed by atoms with Crippen LogP contribution in [-0.4, -0.2) is 31.1 Å². The van der Waals surface area contributed by atoms with Crippen molar-refractivity contribution in [1.82, 2.24) is 10.2 Å². The minimum Gasteiger partial charge on any atom is -0.314 e. The lowest BCUT2D eigenvalue weighted by Gasteiger charge is -2.35. The van der Waals surface area contributed by atoms with Gasteiger partial charge in [0.25, 0.3) is 0 Å². The summed E-state index contributed by atoms with van der Waals surface area (Å²) in [4.78, 5) is 2.20. The third-order valence-corrected chi connectivity index (χ3v) is 3.45. The minimum absolute atomic E-state index is 0.129. The number of piperazine rings is 1. The molecule has 0 bridgehead atoms. The lowest BCUT2D eigenvalue weighted by molar-refractivity contribution is 0.169. The molecule has 1 aromatic carbocycles. The molecule has 2 rings (SSSR count). The predicted molar refractivity (Wildman–Crippen MR) is 73.0 cm³/mol. The van der Waals surface area contributed by atoms with E-state index in [1.807, 2.05) is 6.92 Å². The van der Waals surface area contributed by atoms with Gasteiger partial charge in [-0.1, -0.05) is 5.57 Å². The first-order valence-electron chi connectivity index (χ1n) is 6.62. The van der Waals surface area contributed by atoms with Crippen molar-refractivity contribution < 1.29 is 8.78 Å². The highest BCUT2D eigenvalue weighted by molar-refractivity contribution is 5.24. The van der Waals surface area contributed by atoms with Crippen LogP contribution in [0.25, 0.3) is 0 Å². The maximum absolute atomic E-state index is 14.0. The molecule has 1 aliphatic rings. The summed E-state index contributed by atoms with van der Waals surface area (Å²) in [6.07, 6.45) is 0.653. The first-order chi connectivity index (χ1) is 9.08. The monoisotopic (exact) mass is 266 g/mol. The average Bonchev–Trinajstić information content (AvgIpc) is 2.40. The van der Waals surface area contributed by atoms with Crippen LogP contribution in [0.4, 0.5) is 8.78 Å². The quantitative estimate of drug-likeness (QED) is 0.843. The number of rotatable bonds is 4. The Labute approximate surface area is 113 Å². The number of benzene rings is 1. The minimum atomic E-state index is -0.391. The fraction of sp³-hybridized carbons (Fsp3) is 0.467. The van der Waals surface area contributed by atoms with Crippen molar-refractivity contribution in [2.45, 2.75) is 19.4 Å². The van der Waals surface area contributed by atoms with Crippen LogP contribution in [0.2, 0.25) is 0 Å². The van der Waals surface area contributed by atoms with E-state index < -0.39 is 5.82 Å². The number of hydrogen-bond donors (Lipinski definition) is 1. The largest absolute Gasteiger partial charge is 0.314 e. The van der Waals surface area contributed by atoms with Crippen LogP contribution >= 0.6 is 0 Å². The molecule has 1 atom stereocenters. The molecule has 1 fully saturated rings. The molecule has 104 valence electrons. The summed E-state index contributed by atoms with van der Waals surface area (Å²) in [5.74, 6) is -0.732. The van der Waals surface area contributed by atoms with Gasteiger partial charge in [0.2, 0.25) is 0 Å². The molecule has 1 N–H and O–H groups in total. The van der Waals surface area contributed by atoms with Crippen LogP contribution in [0, 0.1) is 11.6 Å². The maximum atomic E-state index is 14.0. The molecular weight excluding hydrogens is 246 g/mol. The first-order valence-corrected chi connectivity index (χ1v) is 6.62. The maximum Gasteiger partial charge on any atom is 0.128 e. The number of halogens is 2. The van der Waals surface area contributed by atoms with Crippen LogP contribution in [-0.2, 0) is 0 Å². The van der Waals surface area contributed by atoms with Gasteiger partial charge < -0.3 is 5.32 Å². The van der Waals surface area contributed by atoms with Crippen LogP contribution < -0.4 is 5.32 Å². The van der Waals surface area contributed by atoms with Crippen LogP contribution in [0.3, 0.4) is 0 Å². The van der Waals surface area contributed by atoms with E-state index in [1.54, 1.807) is 0 Å². The van der Waals surface area contributed by atoms with Gasteiger partial charge in [-0.2, -0.15) is 0 Å². The normalized spacial score (nSPS) is 18.3. The fourth-order valence-corrected chi connectivity index (χ4v) is 2.53. The zero-order valence-corrected chi connectivity index (χ0v) is 11.3. The van der Waals surface area contributed by atoms with Crippen LogP contribution in [0.15, 0.2) is 30.4 Å². The molecule has 2 nitrogen and oxygen atoms in total. The molecule has 0 spiro atoms. The second kappa shape index (κ2) is 6.26. The van der Waals surface area contributed by atoms with E-state index in [4.69, 9.17) is 0 Å². The summed E-state index contributed by atoms with van der Waals surface area (Å²) in [5.41, 5.74) is 1.41. The Morgan fingerprint density at radius 2 is 2.05 bits per heavy atom. The predicted octanol–water partition coefficient (Wildman–Crippen LogP) is 2.88. The molecule has 0 aromatic heterocycles. The lowest BCUT2D eigenvalue weighted by atomic mass is 9.97. The van der Waals surface area contributed by atoms with E-state index in [0.29, 0.717) is 12.0 Å². The standard InChI is InChI=1S/C15H20F2N2/c1-11(2)9-15(19-7-5-18-6-8-19)13-10-12(16)3-4-14(13)17/h3-4,10,15,18H,1,5-9H2,2H3/t15-/m0/s1. The Bertz CT molecular complexity index is 453. The van der Waals surface area contributed by atoms with Crippen molar-refractivity contribution in [1.29, 1.82) is 0 Å². The smallest absolute Gasteiger partial charge is 0.128 e. The summed E-state index contributed by atoms with van der Waals surface area (Å²) in [6, 6.07) is 3.55. The third-order valence-electron chi connectivity index (χ3n) is 3.45. The highest BCUT2D eigenvalue weighted by Crippen LogP contribution is 2.29. The Kier molecular flexibility index (Phi) is 4.66. The van der Waals surface area contributed by atoms with E-state index in [2.05, 4.69) is 16.8 Å². The van der Waals surface area contributed by atoms with Gasteiger partial charge in [-0.05, 0) is 31.5 Å². The highest BCUT2D eigenvalue weighted by atomic mass is 19.1. The average molecular weight is 266 g/mol. The van der Waals surface area contributed by atoms with Crippen LogP contribution in [0.1, 0.15) is 24.9 Å². The fourth-order valence-electron chi connectivity index (χ4n) is 2.53. The molecule has 1 aliphatic heterocycles. The number of hydrogen-bond acceptors (Lipinski definition) is 2. The molecule has 0 radical (unpaired) electrons. The summed E-state index contributed by atoms with van der Waals surface area (Å²) >= 11 is 0. The van der Waals surface area contributed by atoms with E-state index in [-0.39, 0.29) is 11.9 Å². The summed E-state index contributed by atoms with van der Waals surface area (Å²) < 4.78 is 27.4. The first kappa shape index (κ1) is 14.2. The Hall–Kier alpha value is -1.26. The molecule has 1 heterocycles. The van der Waals surface area contributed by atoms with Gasteiger partial charge in [0.15, 0.2) is 0 Å². The van der Waals surface area contributed by atoms with E-state index >= 15 is 0 Å². The molecule has 0 unspecified atom stereocenters. The molecule has 0 amide bonds. The second-order valence-corrected chi connectivity index (χ2v) is 5.13. The van der Waals surface area contributed by atoms with Gasteiger partial charge in [0.1, 0.15) is 11.6 Å². The third kappa shape index (κ3) is 3.61. The van der Waals surface area contributed by atoms with Gasteiger partial charge >= 0.3 is 0 Å². The Balaban J connectivity index is 2.29. The molecule has 1 saturated heterocycles. The van der Waals surface area contributed by atoms with Crippen LogP contribution in [0.5, 0.6) is 0 Å². The van der Waals surface area contributed by atoms with Gasteiger partial charge in [-0.25, -0.2) is 8.78 Å². The van der Waals surface area contributed by atoms with E-state index in [9.17, 15) is 8.78 Å². The topological polar surface area (TPSA) is 15.3 Å². The SMILES string of the molecule is C=C(C)C[C@@H](c1cc(F)ccc1F)N1CCNCC1. The second-order valence-electron chi connectivity index (χ2n) is 5.13. The van der Waals surface area contributed by atoms with Gasteiger partial charge in [0, 0.05) is 37.8 Å². The molecule has 0 aliphatic carbocycles. The van der Waals surface area contributed by atoms with Crippen molar-refractivity contribution in [2.24, 2.45) is 0 Å². The van der Waals surface area contributed by atoms with Crippen molar-refractivity contribution in [3.63, 3.8) is 0 Å². The molecule has 1 aromatic rings. The van der Waals surface area contributed by atoms with Gasteiger partial charge in [-0.15, -0.1) is 6.58 Å². The van der Waals surface area contributed by atoms with Gasteiger partial charge in [0.05, 0.1) is 0 Å². The summed E-state index contributed by atoms with van der Waals surface area (Å²) in [7, 11) is 0. The zero-order valence-electron chi connectivity index (χ0n) is 11.3. The number of nitrogens with zero attached hydrogens (tertiary/aromatic N) is 1. The number of nitrogens with one attached hydrogen (secondary N) is 1. The Morgan fingerprint density at radius 1 is 1.37 bits per heavy atom. The molecule has 19 heavy (non-hydrogen) atoms. The van der Waals surface area contributed by atoms with Crippen molar-refractivity contribution in [2.75, 3.05) is 26.2 Å². The Morgan fingerprint density at radius 3 is 2.68 bits per heavy atom. The molecule has 4 heteroatoms. The summed E-state index contributed by atoms with van der Waals surface area (Å²) in [6.45, 7) is 9.27. The van der Waals surface area contributed by atoms with Crippen molar-refractivity contribution >= 4 is 0 Å². The van der Waals surface area contributed by atoms with E-state index in [0.717, 1.165) is 37.8 Å². The van der Waals surface area contributed by atoms with Gasteiger partial charge in [-0.3, -0.25) is 4.90 Å². The van der Waals surface area contributed by atoms with Crippen molar-refractivity contribution in [3.05, 3.63) is 47.5 Å². The zero-order chi connectivity index (χ0) is 13.8. The van der Waals surface area contributed by atoms with E-state index in [1.165, 1.54) is 12.1 Å². The highest BCUT2D eigenvalue weighted by Gasteiger charge is 2.24.